The molecule has 12 aromatic rings. The van der Waals surface area contributed by atoms with E-state index in [0.29, 0.717) is 23.2 Å². The first-order valence-corrected chi connectivity index (χ1v) is 30.8. The van der Waals surface area contributed by atoms with Gasteiger partial charge in [0.15, 0.2) is 5.82 Å². The molecule has 9 aromatic carbocycles. The molecule has 4 atom stereocenters. The van der Waals surface area contributed by atoms with Crippen molar-refractivity contribution in [2.24, 2.45) is 0 Å². The van der Waals surface area contributed by atoms with Crippen LogP contribution in [0.15, 0.2) is 200 Å². The molecule has 17 heteroatoms. The van der Waals surface area contributed by atoms with Gasteiger partial charge in [0.05, 0.1) is 62.6 Å². The lowest BCUT2D eigenvalue weighted by molar-refractivity contribution is -0.274. The van der Waals surface area contributed by atoms with Gasteiger partial charge in [-0.1, -0.05) is 121 Å². The molecular formula is C77H68F6N6O5. The Labute approximate surface area is 539 Å². The number of ether oxygens (including phenoxy) is 2. The van der Waals surface area contributed by atoms with Gasteiger partial charge in [0.1, 0.15) is 23.1 Å². The Kier molecular flexibility index (Phi) is 17.2. The Morgan fingerprint density at radius 2 is 0.809 bits per heavy atom. The lowest BCUT2D eigenvalue weighted by Gasteiger charge is -2.21. The van der Waals surface area contributed by atoms with E-state index < -0.39 is 34.9 Å². The summed E-state index contributed by atoms with van der Waals surface area (Å²) in [6.07, 6.45) is -7.06. The Morgan fingerprint density at radius 3 is 1.19 bits per heavy atom. The van der Waals surface area contributed by atoms with Crippen molar-refractivity contribution in [1.29, 1.82) is 0 Å². The van der Waals surface area contributed by atoms with E-state index in [1.54, 1.807) is 46.9 Å². The summed E-state index contributed by atoms with van der Waals surface area (Å²) < 4.78 is 84.3. The fraction of sp³-hybridized carbons (Fsp3) is 0.234. The van der Waals surface area contributed by atoms with E-state index in [2.05, 4.69) is 72.9 Å². The summed E-state index contributed by atoms with van der Waals surface area (Å²) in [5.41, 5.74) is 13.0. The van der Waals surface area contributed by atoms with Crippen LogP contribution in [0.5, 0.6) is 11.5 Å². The van der Waals surface area contributed by atoms with Gasteiger partial charge in [0.2, 0.25) is 0 Å². The number of imidazole rings is 3. The monoisotopic (exact) mass is 1270 g/mol. The van der Waals surface area contributed by atoms with Crippen molar-refractivity contribution in [3.63, 3.8) is 0 Å². The highest BCUT2D eigenvalue weighted by molar-refractivity contribution is 5.86. The maximum atomic E-state index is 12.7. The third-order valence-electron chi connectivity index (χ3n) is 17.1. The number of benzene rings is 9. The van der Waals surface area contributed by atoms with Crippen molar-refractivity contribution in [1.82, 2.24) is 29.9 Å². The highest BCUT2D eigenvalue weighted by atomic mass is 19.4. The molecule has 0 aliphatic heterocycles. The summed E-state index contributed by atoms with van der Waals surface area (Å²) in [6.45, 7) is 10.7. The van der Waals surface area contributed by atoms with Crippen molar-refractivity contribution in [2.45, 2.75) is 107 Å². The number of aromatic nitrogens is 6. The molecule has 6 N–H and O–H groups in total. The van der Waals surface area contributed by atoms with Crippen molar-refractivity contribution < 1.29 is 51.1 Å². The maximum absolute atomic E-state index is 12.7. The van der Waals surface area contributed by atoms with E-state index in [4.69, 9.17) is 14.7 Å². The van der Waals surface area contributed by atoms with Gasteiger partial charge in [-0.05, 0) is 218 Å². The van der Waals surface area contributed by atoms with Crippen LogP contribution in [-0.2, 0) is 23.0 Å². The smallest absolute Gasteiger partial charge is 0.497 e. The number of fused-ring (bicyclic) bond motifs is 3. The zero-order valence-electron chi connectivity index (χ0n) is 52.5. The lowest BCUT2D eigenvalue weighted by atomic mass is 9.89. The SMILES string of the molecule is CC(C)(O)c1ccccc1-c1ccc2nc(C#Cc3ccc(C(F)(F)F)cc3)[nH]c2c1.CC(C)(O)c1ccccc1-c1ccc2nc(C3CC3c3ccc(OC(F)(F)F)cc3)[nH]c2c1.COc1ccc(C2CC2c2nc3ccc(-c4ccccc4C(C)(C)O)cc3[nH]2)cc1. The van der Waals surface area contributed by atoms with Crippen LogP contribution >= 0.6 is 0 Å². The molecule has 14 rings (SSSR count). The van der Waals surface area contributed by atoms with Crippen LogP contribution in [0, 0.1) is 11.8 Å². The van der Waals surface area contributed by atoms with Crippen molar-refractivity contribution in [3.05, 3.63) is 257 Å². The van der Waals surface area contributed by atoms with Crippen molar-refractivity contribution >= 4 is 33.1 Å². The van der Waals surface area contributed by atoms with Gasteiger partial charge < -0.3 is 39.7 Å². The number of hydrogen-bond acceptors (Lipinski definition) is 8. The lowest BCUT2D eigenvalue weighted by Crippen LogP contribution is -2.17. The number of nitrogens with one attached hydrogen (secondary N) is 3. The minimum absolute atomic E-state index is 0.193. The minimum atomic E-state index is -4.69. The van der Waals surface area contributed by atoms with E-state index in [1.165, 1.54) is 29.8 Å². The second kappa shape index (κ2) is 25.1. The van der Waals surface area contributed by atoms with Gasteiger partial charge in [-0.3, -0.25) is 0 Å². The number of alkyl halides is 6. The predicted octanol–water partition coefficient (Wildman–Crippen LogP) is 18.2. The van der Waals surface area contributed by atoms with Crippen LogP contribution in [0.25, 0.3) is 66.5 Å². The number of halogens is 6. The van der Waals surface area contributed by atoms with Gasteiger partial charge in [0.25, 0.3) is 0 Å². The number of methoxy groups -OCH3 is 1. The second-order valence-corrected chi connectivity index (χ2v) is 25.5. The van der Waals surface area contributed by atoms with Crippen molar-refractivity contribution in [2.75, 3.05) is 7.11 Å². The average Bonchev–Trinajstić information content (AvgIpc) is 1.59. The highest BCUT2D eigenvalue weighted by Gasteiger charge is 2.43. The number of hydrogen-bond donors (Lipinski definition) is 6. The van der Waals surface area contributed by atoms with Gasteiger partial charge >= 0.3 is 12.5 Å². The zero-order chi connectivity index (χ0) is 66.5. The molecule has 0 radical (unpaired) electrons. The molecule has 2 fully saturated rings. The topological polar surface area (TPSA) is 165 Å². The van der Waals surface area contributed by atoms with E-state index in [0.717, 1.165) is 131 Å². The summed E-state index contributed by atoms with van der Waals surface area (Å²) in [7, 11) is 1.69. The van der Waals surface area contributed by atoms with Crippen LogP contribution in [-0.4, -0.2) is 58.7 Å². The van der Waals surface area contributed by atoms with E-state index >= 15 is 0 Å². The van der Waals surface area contributed by atoms with Crippen molar-refractivity contribution in [3.8, 4) is 56.7 Å². The third kappa shape index (κ3) is 14.6. The molecule has 2 aliphatic carbocycles. The Balaban J connectivity index is 0.000000135. The molecule has 3 heterocycles. The van der Waals surface area contributed by atoms with Crippen LogP contribution in [0.4, 0.5) is 26.3 Å². The molecule has 4 unspecified atom stereocenters. The predicted molar refractivity (Wildman–Crippen MR) is 354 cm³/mol. The molecule has 3 aromatic heterocycles. The number of aromatic amines is 3. The summed E-state index contributed by atoms with van der Waals surface area (Å²) in [5.74, 6) is 10.1. The molecule has 94 heavy (non-hydrogen) atoms. The minimum Gasteiger partial charge on any atom is -0.497 e. The molecule has 2 aliphatic rings. The summed E-state index contributed by atoms with van der Waals surface area (Å²) in [6, 6.07) is 60.6. The maximum Gasteiger partial charge on any atom is 0.573 e. The van der Waals surface area contributed by atoms with Gasteiger partial charge in [-0.25, -0.2) is 15.0 Å². The highest BCUT2D eigenvalue weighted by Crippen LogP contribution is 2.55. The fourth-order valence-electron chi connectivity index (χ4n) is 12.2. The molecule has 0 saturated heterocycles. The molecule has 11 nitrogen and oxygen atoms in total. The van der Waals surface area contributed by atoms with E-state index in [9.17, 15) is 41.7 Å². The summed E-state index contributed by atoms with van der Waals surface area (Å²) >= 11 is 0. The first kappa shape index (κ1) is 64.1. The molecule has 0 bridgehead atoms. The third-order valence-corrected chi connectivity index (χ3v) is 17.1. The van der Waals surface area contributed by atoms with Crippen LogP contribution in [0.1, 0.15) is 134 Å². The Hall–Kier alpha value is -9.99. The Bertz CT molecular complexity index is 4770. The van der Waals surface area contributed by atoms with Gasteiger partial charge in [-0.15, -0.1) is 13.2 Å². The molecule has 478 valence electrons. The first-order chi connectivity index (χ1) is 44.6. The molecule has 0 spiro atoms. The number of nitrogens with zero attached hydrogens (tertiary/aromatic N) is 3. The standard InChI is InChI=1S/C26H23F3N2O2.C26H26N2O2.C25H19F3N2O/c1-25(2,32)21-6-4-3-5-18(21)16-9-12-22-23(13-16)31-24(30-22)20-14-19(20)15-7-10-17(11-8-15)33-26(27,28)29;1-26(2,29)22-7-5-4-6-19(22)17-10-13-23-24(14-17)28-25(27-23)21-15-20(21)16-8-11-18(30-3)12-9-16;1-24(2,31)20-6-4-3-5-19(20)17-10-13-21-22(15-17)30-23(29-21)14-9-16-7-11-18(12-8-16)25(26,27)28/h3-13,19-20,32H,14H2,1-2H3,(H,30,31);4-14,20-21,29H,15H2,1-3H3,(H,27,28);3-8,10-13,15,31H,1-2H3,(H,29,30). The average molecular weight is 1270 g/mol. The summed E-state index contributed by atoms with van der Waals surface area (Å²) in [5, 5.41) is 31.6. The molecular weight excluding hydrogens is 1200 g/mol. The van der Waals surface area contributed by atoms with Crippen LogP contribution < -0.4 is 9.47 Å². The zero-order valence-corrected chi connectivity index (χ0v) is 52.5. The van der Waals surface area contributed by atoms with Crippen LogP contribution in [0.3, 0.4) is 0 Å². The fourth-order valence-corrected chi connectivity index (χ4v) is 12.2. The second-order valence-electron chi connectivity index (χ2n) is 25.5. The van der Waals surface area contributed by atoms with E-state index in [1.807, 2.05) is 129 Å². The number of rotatable bonds is 12. The Morgan fingerprint density at radius 1 is 0.426 bits per heavy atom. The number of aliphatic hydroxyl groups is 3. The van der Waals surface area contributed by atoms with Crippen LogP contribution in [0.2, 0.25) is 0 Å². The van der Waals surface area contributed by atoms with Gasteiger partial charge in [0, 0.05) is 17.4 Å². The normalized spacial score (nSPS) is 16.3. The quantitative estimate of drug-likeness (QED) is 0.0520. The first-order valence-electron chi connectivity index (χ1n) is 30.8. The van der Waals surface area contributed by atoms with Gasteiger partial charge in [-0.2, -0.15) is 13.2 Å². The molecule has 0 amide bonds. The number of H-pyrrole nitrogens is 3. The summed E-state index contributed by atoms with van der Waals surface area (Å²) in [4.78, 5) is 24.2. The largest absolute Gasteiger partial charge is 0.573 e. The van der Waals surface area contributed by atoms with E-state index in [-0.39, 0.29) is 17.6 Å². The molecule has 2 saturated carbocycles.